The molecule has 4 nitrogen and oxygen atoms in total. The maximum atomic E-state index is 13.3. The maximum Gasteiger partial charge on any atom is 0.253 e. The van der Waals surface area contributed by atoms with Crippen LogP contribution in [0.1, 0.15) is 12.8 Å². The molecule has 2 fully saturated rings. The number of amides is 1. The van der Waals surface area contributed by atoms with Crippen molar-refractivity contribution in [3.63, 3.8) is 0 Å². The monoisotopic (exact) mass is 264 g/mol. The molecule has 1 atom stereocenters. The van der Waals surface area contributed by atoms with Gasteiger partial charge in [0.2, 0.25) is 0 Å². The van der Waals surface area contributed by atoms with Gasteiger partial charge in [0.1, 0.15) is 12.4 Å². The molecular weight excluding hydrogens is 247 g/mol. The molecule has 102 valence electrons. The number of ether oxygens (including phenoxy) is 1. The fourth-order valence-electron chi connectivity index (χ4n) is 2.79. The van der Waals surface area contributed by atoms with Crippen molar-refractivity contribution >= 4 is 11.6 Å². The molecule has 0 saturated carbocycles. The molecule has 1 amide bonds. The zero-order chi connectivity index (χ0) is 13.3. The summed E-state index contributed by atoms with van der Waals surface area (Å²) in [5.41, 5.74) is 0.289. The van der Waals surface area contributed by atoms with Gasteiger partial charge in [0.25, 0.3) is 5.91 Å². The van der Waals surface area contributed by atoms with Crippen LogP contribution < -0.4 is 10.2 Å². The second-order valence-corrected chi connectivity index (χ2v) is 5.21. The minimum atomic E-state index is -0.326. The highest BCUT2D eigenvalue weighted by Crippen LogP contribution is 2.29. The lowest BCUT2D eigenvalue weighted by Crippen LogP contribution is -2.60. The molecule has 2 heterocycles. The van der Waals surface area contributed by atoms with Gasteiger partial charge in [-0.2, -0.15) is 0 Å². The summed E-state index contributed by atoms with van der Waals surface area (Å²) in [4.78, 5) is 13.6. The molecule has 2 aliphatic heterocycles. The molecule has 0 aromatic heterocycles. The van der Waals surface area contributed by atoms with Crippen molar-refractivity contribution in [1.82, 2.24) is 5.32 Å². The molecule has 0 radical (unpaired) electrons. The minimum Gasteiger partial charge on any atom is -0.362 e. The number of carbonyl (C=O) groups is 1. The van der Waals surface area contributed by atoms with E-state index < -0.39 is 0 Å². The zero-order valence-electron chi connectivity index (χ0n) is 10.7. The number of hydrogen-bond donors (Lipinski definition) is 1. The molecule has 1 unspecified atom stereocenters. The number of hydrogen-bond acceptors (Lipinski definition) is 3. The van der Waals surface area contributed by atoms with E-state index in [2.05, 4.69) is 5.32 Å². The molecule has 5 heteroatoms. The Morgan fingerprint density at radius 1 is 1.42 bits per heavy atom. The third-order valence-corrected chi connectivity index (χ3v) is 3.80. The Hall–Kier alpha value is -1.46. The number of benzene rings is 1. The van der Waals surface area contributed by atoms with E-state index >= 15 is 0 Å². The van der Waals surface area contributed by atoms with Crippen LogP contribution in [0.4, 0.5) is 10.1 Å². The van der Waals surface area contributed by atoms with Crippen molar-refractivity contribution in [2.75, 3.05) is 31.1 Å². The number of rotatable bonds is 1. The van der Waals surface area contributed by atoms with E-state index in [0.29, 0.717) is 12.2 Å². The number of halogens is 1. The first-order chi connectivity index (χ1) is 9.19. The highest BCUT2D eigenvalue weighted by molar-refractivity contribution is 5.95. The SMILES string of the molecule is O=C1COC2(CCCNC2)CN1c1cccc(F)c1. The summed E-state index contributed by atoms with van der Waals surface area (Å²) < 4.78 is 19.1. The van der Waals surface area contributed by atoms with E-state index in [9.17, 15) is 9.18 Å². The molecule has 3 rings (SSSR count). The number of morpholine rings is 1. The van der Waals surface area contributed by atoms with Crippen molar-refractivity contribution in [1.29, 1.82) is 0 Å². The topological polar surface area (TPSA) is 41.6 Å². The van der Waals surface area contributed by atoms with Crippen molar-refractivity contribution in [2.45, 2.75) is 18.4 Å². The Balaban J connectivity index is 1.85. The van der Waals surface area contributed by atoms with Crippen LogP contribution in [0.5, 0.6) is 0 Å². The van der Waals surface area contributed by atoms with Gasteiger partial charge >= 0.3 is 0 Å². The van der Waals surface area contributed by atoms with Crippen molar-refractivity contribution in [2.24, 2.45) is 0 Å². The highest BCUT2D eigenvalue weighted by atomic mass is 19.1. The Morgan fingerprint density at radius 2 is 2.32 bits per heavy atom. The van der Waals surface area contributed by atoms with E-state index in [4.69, 9.17) is 4.74 Å². The summed E-state index contributed by atoms with van der Waals surface area (Å²) in [6.07, 6.45) is 1.96. The van der Waals surface area contributed by atoms with Gasteiger partial charge in [-0.25, -0.2) is 4.39 Å². The average Bonchev–Trinajstić information content (AvgIpc) is 2.43. The average molecular weight is 264 g/mol. The summed E-state index contributed by atoms with van der Waals surface area (Å²) in [7, 11) is 0. The number of piperidine rings is 1. The van der Waals surface area contributed by atoms with Gasteiger partial charge in [0, 0.05) is 12.2 Å². The van der Waals surface area contributed by atoms with Crippen molar-refractivity contribution < 1.29 is 13.9 Å². The van der Waals surface area contributed by atoms with Gasteiger partial charge in [-0.15, -0.1) is 0 Å². The molecule has 2 aliphatic rings. The molecular formula is C14H17FN2O2. The molecule has 0 bridgehead atoms. The normalized spacial score (nSPS) is 27.8. The third-order valence-electron chi connectivity index (χ3n) is 3.80. The summed E-state index contributed by atoms with van der Waals surface area (Å²) >= 11 is 0. The van der Waals surface area contributed by atoms with Crippen LogP contribution in [0.15, 0.2) is 24.3 Å². The first-order valence-corrected chi connectivity index (χ1v) is 6.59. The Labute approximate surface area is 111 Å². The second-order valence-electron chi connectivity index (χ2n) is 5.21. The first kappa shape index (κ1) is 12.6. The molecule has 2 saturated heterocycles. The summed E-state index contributed by atoms with van der Waals surface area (Å²) in [6, 6.07) is 6.16. The second kappa shape index (κ2) is 4.90. The van der Waals surface area contributed by atoms with Gasteiger partial charge in [-0.3, -0.25) is 4.79 Å². The van der Waals surface area contributed by atoms with E-state index in [0.717, 1.165) is 25.9 Å². The van der Waals surface area contributed by atoms with Crippen LogP contribution in [0.25, 0.3) is 0 Å². The van der Waals surface area contributed by atoms with E-state index in [1.165, 1.54) is 12.1 Å². The van der Waals surface area contributed by atoms with Crippen LogP contribution in [0.2, 0.25) is 0 Å². The number of nitrogens with zero attached hydrogens (tertiary/aromatic N) is 1. The first-order valence-electron chi connectivity index (χ1n) is 6.59. The maximum absolute atomic E-state index is 13.3. The third kappa shape index (κ3) is 2.48. The van der Waals surface area contributed by atoms with Crippen LogP contribution in [0.3, 0.4) is 0 Å². The van der Waals surface area contributed by atoms with E-state index in [1.807, 2.05) is 0 Å². The lowest BCUT2D eigenvalue weighted by Gasteiger charge is -2.44. The molecule has 19 heavy (non-hydrogen) atoms. The quantitative estimate of drug-likeness (QED) is 0.831. The lowest BCUT2D eigenvalue weighted by molar-refractivity contribution is -0.140. The lowest BCUT2D eigenvalue weighted by atomic mass is 9.91. The molecule has 1 spiro atoms. The fraction of sp³-hybridized carbons (Fsp3) is 0.500. The van der Waals surface area contributed by atoms with Crippen LogP contribution in [-0.2, 0) is 9.53 Å². The van der Waals surface area contributed by atoms with Gasteiger partial charge in [-0.1, -0.05) is 6.07 Å². The standard InChI is InChI=1S/C14H17FN2O2/c15-11-3-1-4-12(7-11)17-10-14(19-8-13(17)18)5-2-6-16-9-14/h1,3-4,7,16H,2,5-6,8-10H2. The predicted molar refractivity (Wildman–Crippen MR) is 69.5 cm³/mol. The molecule has 0 aliphatic carbocycles. The number of nitrogens with one attached hydrogen (secondary N) is 1. The Bertz CT molecular complexity index is 486. The summed E-state index contributed by atoms with van der Waals surface area (Å²) in [5.74, 6) is -0.436. The zero-order valence-corrected chi connectivity index (χ0v) is 10.7. The fourth-order valence-corrected chi connectivity index (χ4v) is 2.79. The van der Waals surface area contributed by atoms with Crippen molar-refractivity contribution in [3.05, 3.63) is 30.1 Å². The van der Waals surface area contributed by atoms with Gasteiger partial charge < -0.3 is 15.0 Å². The molecule has 1 aromatic rings. The largest absolute Gasteiger partial charge is 0.362 e. The predicted octanol–water partition coefficient (Wildman–Crippen LogP) is 1.31. The molecule has 1 aromatic carbocycles. The molecule has 1 N–H and O–H groups in total. The highest BCUT2D eigenvalue weighted by Gasteiger charge is 2.41. The van der Waals surface area contributed by atoms with Gasteiger partial charge in [0.15, 0.2) is 0 Å². The van der Waals surface area contributed by atoms with Crippen molar-refractivity contribution in [3.8, 4) is 0 Å². The summed E-state index contributed by atoms with van der Waals surface area (Å²) in [5, 5.41) is 3.31. The van der Waals surface area contributed by atoms with Gasteiger partial charge in [0.05, 0.1) is 12.1 Å². The van der Waals surface area contributed by atoms with Crippen LogP contribution in [-0.4, -0.2) is 37.7 Å². The van der Waals surface area contributed by atoms with Crippen LogP contribution in [0, 0.1) is 5.82 Å². The Kier molecular flexibility index (Phi) is 3.24. The van der Waals surface area contributed by atoms with Gasteiger partial charge in [-0.05, 0) is 37.6 Å². The Morgan fingerprint density at radius 3 is 3.05 bits per heavy atom. The van der Waals surface area contributed by atoms with E-state index in [-0.39, 0.29) is 23.9 Å². The smallest absolute Gasteiger partial charge is 0.253 e. The number of anilines is 1. The van der Waals surface area contributed by atoms with Crippen LogP contribution >= 0.6 is 0 Å². The minimum absolute atomic E-state index is 0.0677. The summed E-state index contributed by atoms with van der Waals surface area (Å²) in [6.45, 7) is 2.28. The number of carbonyl (C=O) groups excluding carboxylic acids is 1. The van der Waals surface area contributed by atoms with E-state index in [1.54, 1.807) is 17.0 Å².